The second-order valence-electron chi connectivity index (χ2n) is 5.81. The van der Waals surface area contributed by atoms with Crippen LogP contribution in [0.15, 0.2) is 29.2 Å². The van der Waals surface area contributed by atoms with Crippen molar-refractivity contribution in [1.29, 1.82) is 0 Å². The van der Waals surface area contributed by atoms with Crippen molar-refractivity contribution in [1.82, 2.24) is 4.31 Å². The van der Waals surface area contributed by atoms with Gasteiger partial charge in [-0.25, -0.2) is 8.42 Å². The van der Waals surface area contributed by atoms with Crippen molar-refractivity contribution >= 4 is 44.0 Å². The van der Waals surface area contributed by atoms with E-state index in [2.05, 4.69) is 0 Å². The summed E-state index contributed by atoms with van der Waals surface area (Å²) in [5, 5.41) is 1.38. The van der Waals surface area contributed by atoms with Gasteiger partial charge in [-0.2, -0.15) is 4.31 Å². The van der Waals surface area contributed by atoms with Gasteiger partial charge >= 0.3 is 0 Å². The first-order valence-corrected chi connectivity index (χ1v) is 9.36. The standard InChI is InChI=1S/C16H15ClN2O4S/c1-18-15-12(17)9-13(24(21,22)19-5-7-23-8-6-19)10-3-2-4-11(14(10)15)16(18)20/h2-4,9H,5-8H2,1H3. The van der Waals surface area contributed by atoms with Gasteiger partial charge in [0.05, 0.1) is 28.8 Å². The molecule has 1 amide bonds. The number of ether oxygens (including phenoxy) is 1. The van der Waals surface area contributed by atoms with Crippen molar-refractivity contribution in [3.63, 3.8) is 0 Å². The molecule has 0 spiro atoms. The van der Waals surface area contributed by atoms with Gasteiger partial charge in [0, 0.05) is 36.5 Å². The molecule has 0 aromatic heterocycles. The average molecular weight is 367 g/mol. The average Bonchev–Trinajstić information content (AvgIpc) is 2.85. The van der Waals surface area contributed by atoms with Gasteiger partial charge in [0.15, 0.2) is 0 Å². The third-order valence-electron chi connectivity index (χ3n) is 4.51. The Morgan fingerprint density at radius 3 is 2.62 bits per heavy atom. The Kier molecular flexibility index (Phi) is 3.58. The van der Waals surface area contributed by atoms with E-state index >= 15 is 0 Å². The SMILES string of the molecule is CN1C(=O)c2cccc3c(S(=O)(=O)N4CCOCC4)cc(Cl)c1c23. The fourth-order valence-corrected chi connectivity index (χ4v) is 5.34. The molecule has 0 radical (unpaired) electrons. The monoisotopic (exact) mass is 366 g/mol. The fraction of sp³-hybridized carbons (Fsp3) is 0.312. The van der Waals surface area contributed by atoms with Gasteiger partial charge < -0.3 is 9.64 Å². The first-order chi connectivity index (χ1) is 11.4. The van der Waals surface area contributed by atoms with Gasteiger partial charge in [-0.3, -0.25) is 4.79 Å². The van der Waals surface area contributed by atoms with E-state index in [0.29, 0.717) is 48.3 Å². The smallest absolute Gasteiger partial charge is 0.258 e. The van der Waals surface area contributed by atoms with Crippen LogP contribution < -0.4 is 4.90 Å². The first kappa shape index (κ1) is 15.8. The van der Waals surface area contributed by atoms with E-state index in [4.69, 9.17) is 16.3 Å². The molecule has 2 aromatic carbocycles. The molecule has 126 valence electrons. The number of halogens is 1. The van der Waals surface area contributed by atoms with Crippen molar-refractivity contribution in [3.05, 3.63) is 34.9 Å². The van der Waals surface area contributed by atoms with Crippen LogP contribution in [0.4, 0.5) is 5.69 Å². The van der Waals surface area contributed by atoms with E-state index < -0.39 is 10.0 Å². The Hall–Kier alpha value is -1.67. The molecule has 2 heterocycles. The molecular weight excluding hydrogens is 352 g/mol. The number of sulfonamides is 1. The summed E-state index contributed by atoms with van der Waals surface area (Å²) >= 11 is 6.35. The van der Waals surface area contributed by atoms with E-state index in [0.717, 1.165) is 0 Å². The predicted molar refractivity (Wildman–Crippen MR) is 91.3 cm³/mol. The molecule has 0 unspecified atom stereocenters. The highest BCUT2D eigenvalue weighted by Crippen LogP contribution is 2.44. The minimum Gasteiger partial charge on any atom is -0.379 e. The van der Waals surface area contributed by atoms with Gasteiger partial charge in [-0.15, -0.1) is 0 Å². The van der Waals surface area contributed by atoms with Crippen molar-refractivity contribution in [2.24, 2.45) is 0 Å². The lowest BCUT2D eigenvalue weighted by atomic mass is 10.1. The summed E-state index contributed by atoms with van der Waals surface area (Å²) in [5.41, 5.74) is 1.04. The second kappa shape index (κ2) is 5.42. The van der Waals surface area contributed by atoms with E-state index in [1.54, 1.807) is 25.2 Å². The van der Waals surface area contributed by atoms with E-state index in [-0.39, 0.29) is 15.8 Å². The molecule has 2 aliphatic heterocycles. The zero-order valence-electron chi connectivity index (χ0n) is 13.0. The Morgan fingerprint density at radius 2 is 1.92 bits per heavy atom. The largest absolute Gasteiger partial charge is 0.379 e. The highest BCUT2D eigenvalue weighted by atomic mass is 35.5. The number of anilines is 1. The van der Waals surface area contributed by atoms with Crippen molar-refractivity contribution in [2.45, 2.75) is 4.90 Å². The number of amides is 1. The summed E-state index contributed by atoms with van der Waals surface area (Å²) in [6.45, 7) is 1.36. The maximum absolute atomic E-state index is 13.1. The Balaban J connectivity index is 2.00. The maximum atomic E-state index is 13.1. The summed E-state index contributed by atoms with van der Waals surface area (Å²) in [4.78, 5) is 14.0. The van der Waals surface area contributed by atoms with Crippen molar-refractivity contribution in [3.8, 4) is 0 Å². The zero-order chi connectivity index (χ0) is 17.1. The fourth-order valence-electron chi connectivity index (χ4n) is 3.32. The third-order valence-corrected chi connectivity index (χ3v) is 6.74. The third kappa shape index (κ3) is 2.09. The molecule has 2 aromatic rings. The second-order valence-corrected chi connectivity index (χ2v) is 8.13. The first-order valence-electron chi connectivity index (χ1n) is 7.54. The highest BCUT2D eigenvalue weighted by molar-refractivity contribution is 7.89. The van der Waals surface area contributed by atoms with Crippen LogP contribution in [0.3, 0.4) is 0 Å². The molecule has 8 heteroatoms. The van der Waals surface area contributed by atoms with Crippen LogP contribution in [0.2, 0.25) is 5.02 Å². The summed E-state index contributed by atoms with van der Waals surface area (Å²) in [5.74, 6) is -0.182. The summed E-state index contributed by atoms with van der Waals surface area (Å²) in [6, 6.07) is 6.56. The Bertz CT molecular complexity index is 968. The molecule has 24 heavy (non-hydrogen) atoms. The number of carbonyl (C=O) groups excluding carboxylic acids is 1. The number of hydrogen-bond acceptors (Lipinski definition) is 4. The molecule has 0 saturated carbocycles. The maximum Gasteiger partial charge on any atom is 0.258 e. The molecule has 0 aliphatic carbocycles. The van der Waals surface area contributed by atoms with Gasteiger partial charge in [0.2, 0.25) is 10.0 Å². The molecular formula is C16H15ClN2O4S. The summed E-state index contributed by atoms with van der Waals surface area (Å²) in [7, 11) is -2.07. The van der Waals surface area contributed by atoms with Crippen LogP contribution in [-0.2, 0) is 14.8 Å². The molecule has 6 nitrogen and oxygen atoms in total. The van der Waals surface area contributed by atoms with Crippen LogP contribution in [0.25, 0.3) is 10.8 Å². The van der Waals surface area contributed by atoms with Gasteiger partial charge in [0.25, 0.3) is 5.91 Å². The lowest BCUT2D eigenvalue weighted by molar-refractivity contribution is 0.0730. The van der Waals surface area contributed by atoms with E-state index in [1.165, 1.54) is 15.3 Å². The molecule has 0 bridgehead atoms. The van der Waals surface area contributed by atoms with Crippen LogP contribution >= 0.6 is 11.6 Å². The van der Waals surface area contributed by atoms with E-state index in [9.17, 15) is 13.2 Å². The van der Waals surface area contributed by atoms with Crippen LogP contribution in [0, 0.1) is 0 Å². The van der Waals surface area contributed by atoms with Crippen LogP contribution in [-0.4, -0.2) is 52.0 Å². The number of morpholine rings is 1. The predicted octanol–water partition coefficient (Wildman–Crippen LogP) is 2.10. The molecule has 1 saturated heterocycles. The molecule has 0 N–H and O–H groups in total. The quantitative estimate of drug-likeness (QED) is 0.816. The minimum absolute atomic E-state index is 0.137. The number of rotatable bonds is 2. The highest BCUT2D eigenvalue weighted by Gasteiger charge is 2.34. The van der Waals surface area contributed by atoms with Gasteiger partial charge in [-0.05, 0) is 12.1 Å². The van der Waals surface area contributed by atoms with Crippen LogP contribution in [0.1, 0.15) is 10.4 Å². The zero-order valence-corrected chi connectivity index (χ0v) is 14.5. The van der Waals surface area contributed by atoms with E-state index in [1.807, 2.05) is 0 Å². The molecule has 4 rings (SSSR count). The number of nitrogens with zero attached hydrogens (tertiary/aromatic N) is 2. The summed E-state index contributed by atoms with van der Waals surface area (Å²) < 4.78 is 32.8. The molecule has 2 aliphatic rings. The summed E-state index contributed by atoms with van der Waals surface area (Å²) in [6.07, 6.45) is 0. The lowest BCUT2D eigenvalue weighted by Crippen LogP contribution is -2.40. The Labute approximate surface area is 144 Å². The number of carbonyl (C=O) groups is 1. The number of hydrogen-bond donors (Lipinski definition) is 0. The van der Waals surface area contributed by atoms with Crippen molar-refractivity contribution < 1.29 is 17.9 Å². The topological polar surface area (TPSA) is 66.9 Å². The van der Waals surface area contributed by atoms with Crippen molar-refractivity contribution in [2.75, 3.05) is 38.3 Å². The minimum atomic E-state index is -3.71. The molecule has 0 atom stereocenters. The number of benzene rings is 2. The molecule has 1 fully saturated rings. The lowest BCUT2D eigenvalue weighted by Gasteiger charge is -2.27. The Morgan fingerprint density at radius 1 is 1.21 bits per heavy atom. The normalized spacial score (nSPS) is 18.6. The van der Waals surface area contributed by atoms with Gasteiger partial charge in [0.1, 0.15) is 0 Å². The van der Waals surface area contributed by atoms with Crippen LogP contribution in [0.5, 0.6) is 0 Å². The van der Waals surface area contributed by atoms with Gasteiger partial charge in [-0.1, -0.05) is 23.7 Å².